The molecule has 0 atom stereocenters. The third kappa shape index (κ3) is 2.52. The lowest BCUT2D eigenvalue weighted by molar-refractivity contribution is 0.288. The fourth-order valence-corrected chi connectivity index (χ4v) is 1.45. The number of hydrogen-bond donors (Lipinski definition) is 0. The van der Waals surface area contributed by atoms with Gasteiger partial charge in [0.05, 0.1) is 13.2 Å². The average Bonchev–Trinajstić information content (AvgIpc) is 2.85. The van der Waals surface area contributed by atoms with Crippen LogP contribution in [0.2, 0.25) is 0 Å². The van der Waals surface area contributed by atoms with E-state index in [0.717, 1.165) is 5.56 Å². The maximum absolute atomic E-state index is 5.51. The number of hydrogen-bond acceptors (Lipinski definition) is 5. The lowest BCUT2D eigenvalue weighted by atomic mass is 10.2. The van der Waals surface area contributed by atoms with Crippen LogP contribution in [0.15, 0.2) is 18.2 Å². The molecule has 0 aliphatic heterocycles. The second-order valence-electron chi connectivity index (χ2n) is 3.23. The summed E-state index contributed by atoms with van der Waals surface area (Å²) < 4.78 is 11.0. The molecule has 6 nitrogen and oxygen atoms in total. The highest BCUT2D eigenvalue weighted by Crippen LogP contribution is 2.31. The van der Waals surface area contributed by atoms with Crippen molar-refractivity contribution in [1.29, 1.82) is 0 Å². The van der Waals surface area contributed by atoms with Gasteiger partial charge >= 0.3 is 0 Å². The van der Waals surface area contributed by atoms with Gasteiger partial charge in [0, 0.05) is 5.82 Å². The maximum Gasteiger partial charge on any atom is 0.161 e. The van der Waals surface area contributed by atoms with E-state index in [9.17, 15) is 0 Å². The number of nitrogens with zero attached hydrogens (tertiary/aromatic N) is 4. The molecule has 0 radical (unpaired) electrons. The Kier molecular flexibility index (Phi) is 3.54. The highest BCUT2D eigenvalue weighted by atomic mass is 16.5. The molecule has 0 amide bonds. The minimum absolute atomic E-state index is 0.481. The molecule has 0 aliphatic rings. The van der Waals surface area contributed by atoms with Crippen molar-refractivity contribution in [1.82, 2.24) is 20.6 Å². The van der Waals surface area contributed by atoms with E-state index in [4.69, 9.17) is 9.47 Å². The van der Waals surface area contributed by atoms with Crippen LogP contribution in [0.5, 0.6) is 11.5 Å². The molecule has 0 spiro atoms. The molecule has 6 heteroatoms. The van der Waals surface area contributed by atoms with Crippen LogP contribution in [0.25, 0.3) is 11.4 Å². The molecular weight excluding hydrogens is 220 g/mol. The smallest absolute Gasteiger partial charge is 0.161 e. The number of ether oxygens (including phenoxy) is 2. The highest BCUT2D eigenvalue weighted by molar-refractivity contribution is 5.60. The summed E-state index contributed by atoms with van der Waals surface area (Å²) >= 11 is 0. The van der Waals surface area contributed by atoms with E-state index < -0.39 is 0 Å². The first-order valence-electron chi connectivity index (χ1n) is 5.44. The van der Waals surface area contributed by atoms with Crippen LogP contribution in [-0.2, 0) is 0 Å². The van der Waals surface area contributed by atoms with Crippen molar-refractivity contribution in [3.63, 3.8) is 0 Å². The van der Waals surface area contributed by atoms with Gasteiger partial charge in [-0.25, -0.2) is 0 Å². The second-order valence-corrected chi connectivity index (χ2v) is 3.23. The van der Waals surface area contributed by atoms with E-state index in [-0.39, 0.29) is 0 Å². The predicted octanol–water partition coefficient (Wildman–Crippen LogP) is 1.29. The van der Waals surface area contributed by atoms with Crippen LogP contribution in [0.4, 0.5) is 0 Å². The fourth-order valence-electron chi connectivity index (χ4n) is 1.45. The van der Waals surface area contributed by atoms with Crippen LogP contribution in [-0.4, -0.2) is 28.7 Å². The topological polar surface area (TPSA) is 71.2 Å². The third-order valence-electron chi connectivity index (χ3n) is 2.12. The van der Waals surface area contributed by atoms with Crippen LogP contribution in [0.1, 0.15) is 13.8 Å². The standard InChI is InChI=1S/C11H13N4O2/c1-3-16-9-6-5-8(7-10(9)17-4-2)11-12-14-15-13-11/h5-7H,3-4H2,1-2H3/q-1. The maximum atomic E-state index is 5.51. The van der Waals surface area contributed by atoms with E-state index in [1.54, 1.807) is 0 Å². The second kappa shape index (κ2) is 5.29. The number of rotatable bonds is 5. The molecule has 0 bridgehead atoms. The molecule has 0 saturated carbocycles. The highest BCUT2D eigenvalue weighted by Gasteiger charge is 2.06. The third-order valence-corrected chi connectivity index (χ3v) is 2.12. The molecule has 0 N–H and O–H groups in total. The van der Waals surface area contributed by atoms with Crippen molar-refractivity contribution in [2.45, 2.75) is 13.8 Å². The summed E-state index contributed by atoms with van der Waals surface area (Å²) in [7, 11) is 0. The molecular formula is C11H13N4O2-. The molecule has 1 aromatic carbocycles. The van der Waals surface area contributed by atoms with Gasteiger partial charge < -0.3 is 14.6 Å². The Morgan fingerprint density at radius 1 is 1.12 bits per heavy atom. The SMILES string of the molecule is CCOc1ccc(-c2nnn[n-]2)cc1OCC. The number of aromatic nitrogens is 4. The predicted molar refractivity (Wildman–Crippen MR) is 60.9 cm³/mol. The Balaban J connectivity index is 2.34. The normalized spacial score (nSPS) is 10.2. The monoisotopic (exact) mass is 233 g/mol. The van der Waals surface area contributed by atoms with E-state index in [0.29, 0.717) is 30.5 Å². The molecule has 1 aromatic heterocycles. The van der Waals surface area contributed by atoms with Crippen LogP contribution >= 0.6 is 0 Å². The van der Waals surface area contributed by atoms with Crippen molar-refractivity contribution < 1.29 is 9.47 Å². The van der Waals surface area contributed by atoms with Crippen molar-refractivity contribution >= 4 is 0 Å². The van der Waals surface area contributed by atoms with Crippen molar-refractivity contribution in [3.05, 3.63) is 18.2 Å². The Bertz CT molecular complexity index is 470. The largest absolute Gasteiger partial charge is 0.490 e. The van der Waals surface area contributed by atoms with Crippen LogP contribution < -0.4 is 14.6 Å². The Hall–Kier alpha value is -2.11. The molecule has 0 fully saturated rings. The Morgan fingerprint density at radius 3 is 2.53 bits per heavy atom. The lowest BCUT2D eigenvalue weighted by Gasteiger charge is -2.12. The minimum atomic E-state index is 0.481. The van der Waals surface area contributed by atoms with E-state index in [1.165, 1.54) is 0 Å². The summed E-state index contributed by atoms with van der Waals surface area (Å²) in [4.78, 5) is 0. The van der Waals surface area contributed by atoms with Crippen molar-refractivity contribution in [2.75, 3.05) is 13.2 Å². The molecule has 2 rings (SSSR count). The molecule has 0 unspecified atom stereocenters. The molecule has 1 heterocycles. The van der Waals surface area contributed by atoms with Gasteiger partial charge in [-0.05, 0) is 37.6 Å². The van der Waals surface area contributed by atoms with Crippen LogP contribution in [0, 0.1) is 0 Å². The summed E-state index contributed by atoms with van der Waals surface area (Å²) in [6.07, 6.45) is 0. The molecule has 17 heavy (non-hydrogen) atoms. The van der Waals surface area contributed by atoms with E-state index in [2.05, 4.69) is 20.6 Å². The van der Waals surface area contributed by atoms with Gasteiger partial charge in [-0.2, -0.15) is 5.21 Å². The summed E-state index contributed by atoms with van der Waals surface area (Å²) in [5.74, 6) is 1.87. The zero-order valence-corrected chi connectivity index (χ0v) is 9.75. The van der Waals surface area contributed by atoms with Gasteiger partial charge in [-0.1, -0.05) is 0 Å². The van der Waals surface area contributed by atoms with Gasteiger partial charge in [0.25, 0.3) is 0 Å². The van der Waals surface area contributed by atoms with Crippen molar-refractivity contribution in [2.24, 2.45) is 0 Å². The lowest BCUT2D eigenvalue weighted by Crippen LogP contribution is -1.98. The summed E-state index contributed by atoms with van der Waals surface area (Å²) in [6, 6.07) is 5.51. The first-order valence-corrected chi connectivity index (χ1v) is 5.44. The summed E-state index contributed by atoms with van der Waals surface area (Å²) in [5, 5.41) is 14.5. The molecule has 90 valence electrons. The zero-order chi connectivity index (χ0) is 12.1. The van der Waals surface area contributed by atoms with Gasteiger partial charge in [0.1, 0.15) is 0 Å². The van der Waals surface area contributed by atoms with Gasteiger partial charge in [0.2, 0.25) is 0 Å². The Morgan fingerprint density at radius 2 is 1.88 bits per heavy atom. The van der Waals surface area contributed by atoms with Gasteiger partial charge in [-0.15, -0.1) is 0 Å². The summed E-state index contributed by atoms with van der Waals surface area (Å²) in [6.45, 7) is 5.01. The fraction of sp³-hybridized carbons (Fsp3) is 0.364. The minimum Gasteiger partial charge on any atom is -0.490 e. The summed E-state index contributed by atoms with van der Waals surface area (Å²) in [5.41, 5.74) is 0.807. The molecule has 0 aliphatic carbocycles. The number of tetrazole rings is 1. The quantitative estimate of drug-likeness (QED) is 0.775. The van der Waals surface area contributed by atoms with Crippen LogP contribution in [0.3, 0.4) is 0 Å². The van der Waals surface area contributed by atoms with E-state index in [1.807, 2.05) is 32.0 Å². The first-order chi connectivity index (χ1) is 8.35. The zero-order valence-electron chi connectivity index (χ0n) is 9.75. The average molecular weight is 233 g/mol. The first kappa shape index (κ1) is 11.4. The molecule has 0 saturated heterocycles. The Labute approximate surface area is 98.9 Å². The van der Waals surface area contributed by atoms with E-state index >= 15 is 0 Å². The van der Waals surface area contributed by atoms with Gasteiger partial charge in [0.15, 0.2) is 11.5 Å². The number of benzene rings is 1. The van der Waals surface area contributed by atoms with Crippen molar-refractivity contribution in [3.8, 4) is 22.9 Å². The van der Waals surface area contributed by atoms with Gasteiger partial charge in [-0.3, -0.25) is 10.3 Å². The molecule has 2 aromatic rings.